The van der Waals surface area contributed by atoms with E-state index in [1.807, 2.05) is 32.4 Å². The largest absolute Gasteiger partial charge is 0.391 e. The molecule has 20 heavy (non-hydrogen) atoms. The van der Waals surface area contributed by atoms with Crippen LogP contribution < -0.4 is 0 Å². The molecule has 3 nitrogen and oxygen atoms in total. The minimum Gasteiger partial charge on any atom is -0.391 e. The van der Waals surface area contributed by atoms with E-state index in [-0.39, 0.29) is 11.5 Å². The van der Waals surface area contributed by atoms with Crippen LogP contribution in [0.15, 0.2) is 6.07 Å². The molecular weight excluding hydrogens is 248 g/mol. The zero-order valence-electron chi connectivity index (χ0n) is 15.3. The van der Waals surface area contributed by atoms with Gasteiger partial charge in [0.2, 0.25) is 0 Å². The van der Waals surface area contributed by atoms with Crippen molar-refractivity contribution in [2.24, 2.45) is 0 Å². The monoisotopic (exact) mass is 284 g/mol. The Kier molecular flexibility index (Phi) is 10.7. The predicted octanol–water partition coefficient (Wildman–Crippen LogP) is 4.74. The van der Waals surface area contributed by atoms with Crippen LogP contribution in [0.1, 0.15) is 86.5 Å². The van der Waals surface area contributed by atoms with E-state index < -0.39 is 0 Å². The Morgan fingerprint density at radius 1 is 1.10 bits per heavy atom. The molecule has 0 aliphatic rings. The zero-order valence-corrected chi connectivity index (χ0v) is 15.3. The summed E-state index contributed by atoms with van der Waals surface area (Å²) >= 11 is 0. The summed E-state index contributed by atoms with van der Waals surface area (Å²) in [7, 11) is 0. The van der Waals surface area contributed by atoms with E-state index in [1.165, 1.54) is 5.69 Å². The second-order valence-corrected chi connectivity index (χ2v) is 5.89. The molecule has 1 aromatic rings. The van der Waals surface area contributed by atoms with Crippen LogP contribution in [0.25, 0.3) is 0 Å². The first-order valence-corrected chi connectivity index (χ1v) is 7.98. The highest BCUT2D eigenvalue weighted by Crippen LogP contribution is 2.25. The molecule has 0 fully saturated rings. The van der Waals surface area contributed by atoms with Gasteiger partial charge in [-0.2, -0.15) is 5.10 Å². The minimum atomic E-state index is -0.360. The van der Waals surface area contributed by atoms with E-state index in [2.05, 4.69) is 45.8 Å². The fourth-order valence-electron chi connectivity index (χ4n) is 1.71. The summed E-state index contributed by atoms with van der Waals surface area (Å²) in [5.41, 5.74) is 2.36. The second kappa shape index (κ2) is 9.98. The van der Waals surface area contributed by atoms with Crippen molar-refractivity contribution in [3.63, 3.8) is 0 Å². The van der Waals surface area contributed by atoms with Crippen molar-refractivity contribution < 1.29 is 5.11 Å². The van der Waals surface area contributed by atoms with Crippen LogP contribution in [0.4, 0.5) is 0 Å². The molecule has 0 aromatic carbocycles. The first-order valence-electron chi connectivity index (χ1n) is 7.98. The molecule has 1 heterocycles. The van der Waals surface area contributed by atoms with Crippen molar-refractivity contribution >= 4 is 0 Å². The van der Waals surface area contributed by atoms with E-state index >= 15 is 0 Å². The number of hydrogen-bond acceptors (Lipinski definition) is 2. The number of aromatic nitrogens is 2. The molecule has 3 heteroatoms. The maximum absolute atomic E-state index is 9.48. The molecule has 0 aliphatic carbocycles. The second-order valence-electron chi connectivity index (χ2n) is 5.89. The first-order chi connectivity index (χ1) is 9.21. The molecule has 1 atom stereocenters. The lowest BCUT2D eigenvalue weighted by Crippen LogP contribution is -2.22. The van der Waals surface area contributed by atoms with Crippen molar-refractivity contribution in [3.8, 4) is 0 Å². The van der Waals surface area contributed by atoms with Gasteiger partial charge in [-0.25, -0.2) is 0 Å². The molecule has 1 unspecified atom stereocenters. The zero-order chi connectivity index (χ0) is 16.5. The summed E-state index contributed by atoms with van der Waals surface area (Å²) in [6.45, 7) is 21.2. The first kappa shape index (κ1) is 21.5. The van der Waals surface area contributed by atoms with Gasteiger partial charge >= 0.3 is 0 Å². The summed E-state index contributed by atoms with van der Waals surface area (Å²) in [5.74, 6) is 0.427. The van der Waals surface area contributed by atoms with Gasteiger partial charge < -0.3 is 5.11 Å². The average Bonchev–Trinajstić information content (AvgIpc) is 2.77. The van der Waals surface area contributed by atoms with Crippen LogP contribution in [-0.4, -0.2) is 21.0 Å². The average molecular weight is 284 g/mol. The number of hydrogen-bond donors (Lipinski definition) is 1. The van der Waals surface area contributed by atoms with E-state index in [0.717, 1.165) is 5.69 Å². The Hall–Kier alpha value is -0.830. The lowest BCUT2D eigenvalue weighted by atomic mass is 9.91. The van der Waals surface area contributed by atoms with Gasteiger partial charge in [-0.1, -0.05) is 62.3 Å². The maximum Gasteiger partial charge on any atom is 0.0708 e. The molecule has 0 saturated heterocycles. The molecule has 120 valence electrons. The fraction of sp³-hybridized carbons (Fsp3) is 0.824. The lowest BCUT2D eigenvalue weighted by Gasteiger charge is -2.20. The molecule has 0 radical (unpaired) electrons. The van der Waals surface area contributed by atoms with E-state index in [9.17, 15) is 5.11 Å². The van der Waals surface area contributed by atoms with Gasteiger partial charge in [0.15, 0.2) is 0 Å². The number of nitrogens with zero attached hydrogens (tertiary/aromatic N) is 2. The quantitative estimate of drug-likeness (QED) is 0.870. The summed E-state index contributed by atoms with van der Waals surface area (Å²) in [6.07, 6.45) is -0.360. The summed E-state index contributed by atoms with van der Waals surface area (Å²) < 4.78 is 1.94. The van der Waals surface area contributed by atoms with E-state index in [1.54, 1.807) is 6.92 Å². The van der Waals surface area contributed by atoms with Gasteiger partial charge in [0, 0.05) is 11.1 Å². The van der Waals surface area contributed by atoms with Crippen molar-refractivity contribution in [3.05, 3.63) is 17.5 Å². The number of aliphatic hydroxyl groups is 1. The third-order valence-corrected chi connectivity index (χ3v) is 2.60. The Morgan fingerprint density at radius 3 is 1.85 bits per heavy atom. The normalized spacial score (nSPS) is 12.2. The third kappa shape index (κ3) is 7.09. The Morgan fingerprint density at radius 2 is 1.55 bits per heavy atom. The topological polar surface area (TPSA) is 38.0 Å². The van der Waals surface area contributed by atoms with Gasteiger partial charge in [-0.3, -0.25) is 4.68 Å². The maximum atomic E-state index is 9.48. The lowest BCUT2D eigenvalue weighted by molar-refractivity contribution is 0.165. The van der Waals surface area contributed by atoms with E-state index in [4.69, 9.17) is 0 Å². The molecule has 1 rings (SSSR count). The fourth-order valence-corrected chi connectivity index (χ4v) is 1.71. The Labute approximate surface area is 126 Å². The molecule has 0 amide bonds. The standard InChI is InChI=1S/C13H24N2O.2C2H6/c1-9(2)11-7-12(13(4,5)6)15(14-11)8-10(3)16;2*1-2/h7,9-10,16H,8H2,1-6H3;2*1-2H3. The minimum absolute atomic E-state index is 0.0645. The number of aliphatic hydroxyl groups excluding tert-OH is 1. The summed E-state index contributed by atoms with van der Waals surface area (Å²) in [6, 6.07) is 2.16. The molecular formula is C17H36N2O. The van der Waals surface area contributed by atoms with Crippen LogP contribution in [0.3, 0.4) is 0 Å². The van der Waals surface area contributed by atoms with Crippen LogP contribution >= 0.6 is 0 Å². The summed E-state index contributed by atoms with van der Waals surface area (Å²) in [4.78, 5) is 0. The smallest absolute Gasteiger partial charge is 0.0708 e. The van der Waals surface area contributed by atoms with Crippen molar-refractivity contribution in [2.45, 2.75) is 93.2 Å². The van der Waals surface area contributed by atoms with Crippen LogP contribution in [0.5, 0.6) is 0 Å². The van der Waals surface area contributed by atoms with E-state index in [0.29, 0.717) is 12.5 Å². The Balaban J connectivity index is 0. The highest BCUT2D eigenvalue weighted by atomic mass is 16.3. The van der Waals surface area contributed by atoms with Crippen LogP contribution in [-0.2, 0) is 12.0 Å². The summed E-state index contributed by atoms with van der Waals surface area (Å²) in [5, 5.41) is 14.1. The molecule has 0 spiro atoms. The SMILES string of the molecule is CC.CC.CC(O)Cn1nc(C(C)C)cc1C(C)(C)C. The highest BCUT2D eigenvalue weighted by molar-refractivity contribution is 5.20. The van der Waals surface area contributed by atoms with Crippen molar-refractivity contribution in [2.75, 3.05) is 0 Å². The van der Waals surface area contributed by atoms with Gasteiger partial charge in [-0.05, 0) is 18.9 Å². The van der Waals surface area contributed by atoms with Gasteiger partial charge in [0.05, 0.1) is 18.3 Å². The molecule has 1 aromatic heterocycles. The van der Waals surface area contributed by atoms with Crippen molar-refractivity contribution in [1.82, 2.24) is 9.78 Å². The molecule has 0 bridgehead atoms. The van der Waals surface area contributed by atoms with Gasteiger partial charge in [0.1, 0.15) is 0 Å². The number of rotatable bonds is 3. The third-order valence-electron chi connectivity index (χ3n) is 2.60. The Bertz CT molecular complexity index is 346. The predicted molar refractivity (Wildman–Crippen MR) is 89.4 cm³/mol. The van der Waals surface area contributed by atoms with Crippen LogP contribution in [0, 0.1) is 0 Å². The van der Waals surface area contributed by atoms with Crippen molar-refractivity contribution in [1.29, 1.82) is 0 Å². The van der Waals surface area contributed by atoms with Gasteiger partial charge in [0.25, 0.3) is 0 Å². The van der Waals surface area contributed by atoms with Crippen LogP contribution in [0.2, 0.25) is 0 Å². The van der Waals surface area contributed by atoms with Gasteiger partial charge in [-0.15, -0.1) is 0 Å². The highest BCUT2D eigenvalue weighted by Gasteiger charge is 2.22. The molecule has 0 saturated carbocycles. The molecule has 0 aliphatic heterocycles. The molecule has 1 N–H and O–H groups in total.